The summed E-state index contributed by atoms with van der Waals surface area (Å²) in [5.74, 6) is 1.11. The highest BCUT2D eigenvalue weighted by Crippen LogP contribution is 2.20. The third-order valence-electron chi connectivity index (χ3n) is 2.35. The van der Waals surface area contributed by atoms with E-state index in [0.29, 0.717) is 12.0 Å². The van der Waals surface area contributed by atoms with Crippen molar-refractivity contribution in [2.24, 2.45) is 11.8 Å². The predicted octanol–water partition coefficient (Wildman–Crippen LogP) is 1.56. The van der Waals surface area contributed by atoms with Crippen molar-refractivity contribution in [3.05, 3.63) is 0 Å². The third kappa shape index (κ3) is 2.21. The molecular weight excluding hydrogens is 138 g/mol. The maximum Gasteiger partial charge on any atom is 0.223 e. The number of carbonyl (C=O) groups is 1. The Kier molecular flexibility index (Phi) is 2.53. The van der Waals surface area contributed by atoms with Crippen molar-refractivity contribution in [1.82, 2.24) is 5.32 Å². The molecule has 2 nitrogen and oxygen atoms in total. The molecule has 1 N–H and O–H groups in total. The Morgan fingerprint density at radius 1 is 1.27 bits per heavy atom. The van der Waals surface area contributed by atoms with Crippen LogP contribution in [-0.2, 0) is 4.79 Å². The number of hydrogen-bond acceptors (Lipinski definition) is 1. The van der Waals surface area contributed by atoms with Gasteiger partial charge in [0.25, 0.3) is 0 Å². The van der Waals surface area contributed by atoms with Crippen molar-refractivity contribution in [1.29, 1.82) is 0 Å². The van der Waals surface area contributed by atoms with E-state index in [-0.39, 0.29) is 11.8 Å². The molecule has 1 amide bonds. The first-order valence-electron chi connectivity index (χ1n) is 4.40. The zero-order valence-corrected chi connectivity index (χ0v) is 7.55. The summed E-state index contributed by atoms with van der Waals surface area (Å²) in [5.41, 5.74) is 0. The molecule has 0 radical (unpaired) electrons. The molecule has 2 heteroatoms. The quantitative estimate of drug-likeness (QED) is 0.565. The van der Waals surface area contributed by atoms with E-state index >= 15 is 0 Å². The number of amides is 1. The first-order chi connectivity index (χ1) is 5.09. The van der Waals surface area contributed by atoms with Crippen LogP contribution in [0.25, 0.3) is 0 Å². The van der Waals surface area contributed by atoms with E-state index in [0.717, 1.165) is 12.8 Å². The van der Waals surface area contributed by atoms with Gasteiger partial charge in [-0.25, -0.2) is 0 Å². The van der Waals surface area contributed by atoms with E-state index in [1.165, 1.54) is 0 Å². The van der Waals surface area contributed by atoms with E-state index in [4.69, 9.17) is 0 Å². The zero-order chi connectivity index (χ0) is 8.43. The molecule has 0 unspecified atom stereocenters. The van der Waals surface area contributed by atoms with Gasteiger partial charge < -0.3 is 5.32 Å². The molecule has 1 fully saturated rings. The van der Waals surface area contributed by atoms with Gasteiger partial charge in [-0.2, -0.15) is 0 Å². The van der Waals surface area contributed by atoms with Gasteiger partial charge in [0.05, 0.1) is 0 Å². The van der Waals surface area contributed by atoms with Gasteiger partial charge in [0.1, 0.15) is 0 Å². The Morgan fingerprint density at radius 3 is 2.55 bits per heavy atom. The summed E-state index contributed by atoms with van der Waals surface area (Å²) < 4.78 is 0. The molecule has 0 aromatic rings. The van der Waals surface area contributed by atoms with Crippen LogP contribution in [0.5, 0.6) is 0 Å². The normalized spacial score (nSPS) is 39.5. The topological polar surface area (TPSA) is 29.1 Å². The number of rotatable bonds is 0. The Bertz CT molecular complexity index is 156. The van der Waals surface area contributed by atoms with E-state index in [9.17, 15) is 4.79 Å². The standard InChI is InChI=1S/C9H17NO/c1-6-4-7(2)9(11)10-8(3)5-6/h6-8H,4-5H2,1-3H3,(H,10,11)/t6-,7-,8-/m1/s1. The molecule has 0 aromatic heterocycles. The monoisotopic (exact) mass is 155 g/mol. The van der Waals surface area contributed by atoms with E-state index in [2.05, 4.69) is 19.2 Å². The summed E-state index contributed by atoms with van der Waals surface area (Å²) >= 11 is 0. The third-order valence-corrected chi connectivity index (χ3v) is 2.35. The highest BCUT2D eigenvalue weighted by Gasteiger charge is 2.23. The van der Waals surface area contributed by atoms with Gasteiger partial charge in [-0.15, -0.1) is 0 Å². The molecule has 0 aromatic carbocycles. The molecule has 0 spiro atoms. The molecule has 11 heavy (non-hydrogen) atoms. The highest BCUT2D eigenvalue weighted by atomic mass is 16.1. The van der Waals surface area contributed by atoms with E-state index in [1.54, 1.807) is 0 Å². The van der Waals surface area contributed by atoms with Gasteiger partial charge in [-0.3, -0.25) is 4.79 Å². The lowest BCUT2D eigenvalue weighted by atomic mass is 9.95. The molecule has 0 aliphatic carbocycles. The summed E-state index contributed by atoms with van der Waals surface area (Å²) in [4.78, 5) is 11.3. The van der Waals surface area contributed by atoms with Crippen molar-refractivity contribution in [2.45, 2.75) is 39.7 Å². The Morgan fingerprint density at radius 2 is 1.91 bits per heavy atom. The fraction of sp³-hybridized carbons (Fsp3) is 0.889. The Hall–Kier alpha value is -0.530. The number of hydrogen-bond donors (Lipinski definition) is 1. The van der Waals surface area contributed by atoms with Crippen LogP contribution in [0, 0.1) is 11.8 Å². The SMILES string of the molecule is C[C@H]1C[C@@H](C)NC(=O)[C@H](C)C1. The minimum atomic E-state index is 0.204. The van der Waals surface area contributed by atoms with Gasteiger partial charge in [0.2, 0.25) is 5.91 Å². The summed E-state index contributed by atoms with van der Waals surface area (Å²) in [6.07, 6.45) is 2.16. The fourth-order valence-electron chi connectivity index (χ4n) is 1.85. The van der Waals surface area contributed by atoms with Crippen LogP contribution < -0.4 is 5.32 Å². The molecule has 1 rings (SSSR count). The van der Waals surface area contributed by atoms with Crippen LogP contribution in [0.3, 0.4) is 0 Å². The van der Waals surface area contributed by atoms with Crippen LogP contribution in [0.1, 0.15) is 33.6 Å². The smallest absolute Gasteiger partial charge is 0.223 e. The lowest BCUT2D eigenvalue weighted by molar-refractivity contribution is -0.124. The Labute approximate surface area is 68.4 Å². The second kappa shape index (κ2) is 3.24. The maximum atomic E-state index is 11.3. The number of carbonyl (C=O) groups excluding carboxylic acids is 1. The molecule has 3 atom stereocenters. The summed E-state index contributed by atoms with van der Waals surface area (Å²) in [6.45, 7) is 6.30. The van der Waals surface area contributed by atoms with Gasteiger partial charge in [-0.05, 0) is 25.7 Å². The van der Waals surface area contributed by atoms with Gasteiger partial charge in [-0.1, -0.05) is 13.8 Å². The minimum absolute atomic E-state index is 0.204. The first-order valence-corrected chi connectivity index (χ1v) is 4.40. The molecule has 1 saturated heterocycles. The van der Waals surface area contributed by atoms with Crippen LogP contribution in [0.15, 0.2) is 0 Å². The fourth-order valence-corrected chi connectivity index (χ4v) is 1.85. The second-order valence-corrected chi connectivity index (χ2v) is 3.89. The van der Waals surface area contributed by atoms with Crippen LogP contribution >= 0.6 is 0 Å². The highest BCUT2D eigenvalue weighted by molar-refractivity contribution is 5.78. The van der Waals surface area contributed by atoms with Crippen molar-refractivity contribution >= 4 is 5.91 Å². The van der Waals surface area contributed by atoms with Crippen molar-refractivity contribution in [2.75, 3.05) is 0 Å². The minimum Gasteiger partial charge on any atom is -0.353 e. The molecule has 1 aliphatic heterocycles. The average molecular weight is 155 g/mol. The lowest BCUT2D eigenvalue weighted by Gasteiger charge is -2.11. The van der Waals surface area contributed by atoms with Crippen molar-refractivity contribution in [3.63, 3.8) is 0 Å². The summed E-state index contributed by atoms with van der Waals surface area (Å²) in [7, 11) is 0. The van der Waals surface area contributed by atoms with Crippen LogP contribution in [-0.4, -0.2) is 11.9 Å². The predicted molar refractivity (Wildman–Crippen MR) is 45.2 cm³/mol. The molecule has 1 heterocycles. The lowest BCUT2D eigenvalue weighted by Crippen LogP contribution is -2.33. The summed E-state index contributed by atoms with van der Waals surface area (Å²) in [6, 6.07) is 0.363. The van der Waals surface area contributed by atoms with Crippen LogP contribution in [0.2, 0.25) is 0 Å². The van der Waals surface area contributed by atoms with Crippen molar-refractivity contribution < 1.29 is 4.79 Å². The van der Waals surface area contributed by atoms with Gasteiger partial charge >= 0.3 is 0 Å². The van der Waals surface area contributed by atoms with E-state index < -0.39 is 0 Å². The number of nitrogens with one attached hydrogen (secondary N) is 1. The van der Waals surface area contributed by atoms with Gasteiger partial charge in [0, 0.05) is 12.0 Å². The Balaban J connectivity index is 2.58. The largest absolute Gasteiger partial charge is 0.353 e. The molecule has 0 bridgehead atoms. The van der Waals surface area contributed by atoms with E-state index in [1.807, 2.05) is 6.92 Å². The van der Waals surface area contributed by atoms with Gasteiger partial charge in [0.15, 0.2) is 0 Å². The second-order valence-electron chi connectivity index (χ2n) is 3.89. The summed E-state index contributed by atoms with van der Waals surface area (Å²) in [5, 5.41) is 2.98. The molecule has 64 valence electrons. The first kappa shape index (κ1) is 8.57. The average Bonchev–Trinajstić information content (AvgIpc) is 1.93. The van der Waals surface area contributed by atoms with Crippen LogP contribution in [0.4, 0.5) is 0 Å². The van der Waals surface area contributed by atoms with Crippen molar-refractivity contribution in [3.8, 4) is 0 Å². The molecule has 0 saturated carbocycles. The zero-order valence-electron chi connectivity index (χ0n) is 7.55. The maximum absolute atomic E-state index is 11.3. The molecule has 1 aliphatic rings. The molecular formula is C9H17NO.